The SMILES string of the molecule is CCC(C)(CCl)NCc1ccc2ncccc2c1. The first kappa shape index (κ1) is 13.3. The Morgan fingerprint density at radius 3 is 2.89 bits per heavy atom. The van der Waals surface area contributed by atoms with E-state index in [0.717, 1.165) is 18.5 Å². The molecule has 96 valence electrons. The Labute approximate surface area is 113 Å². The summed E-state index contributed by atoms with van der Waals surface area (Å²) in [5, 5.41) is 4.71. The highest BCUT2D eigenvalue weighted by Crippen LogP contribution is 2.16. The average molecular weight is 263 g/mol. The zero-order chi connectivity index (χ0) is 13.0. The first-order valence-corrected chi connectivity index (χ1v) is 6.85. The third-order valence-electron chi connectivity index (χ3n) is 3.46. The van der Waals surface area contributed by atoms with Crippen LogP contribution in [-0.2, 0) is 6.54 Å². The van der Waals surface area contributed by atoms with Crippen LogP contribution in [0.2, 0.25) is 0 Å². The molecule has 1 aromatic heterocycles. The van der Waals surface area contributed by atoms with Gasteiger partial charge in [0, 0.05) is 29.5 Å². The topological polar surface area (TPSA) is 24.9 Å². The predicted octanol–water partition coefficient (Wildman–Crippen LogP) is 3.73. The van der Waals surface area contributed by atoms with Crippen LogP contribution >= 0.6 is 11.6 Å². The molecular weight excluding hydrogens is 244 g/mol. The molecule has 0 aliphatic carbocycles. The second kappa shape index (κ2) is 5.68. The number of halogens is 1. The van der Waals surface area contributed by atoms with Crippen molar-refractivity contribution < 1.29 is 0 Å². The van der Waals surface area contributed by atoms with Gasteiger partial charge in [-0.15, -0.1) is 11.6 Å². The fourth-order valence-corrected chi connectivity index (χ4v) is 2.10. The van der Waals surface area contributed by atoms with Gasteiger partial charge in [0.1, 0.15) is 0 Å². The second-order valence-corrected chi connectivity index (χ2v) is 5.20. The molecular formula is C15H19ClN2. The molecule has 0 saturated carbocycles. The third-order valence-corrected chi connectivity index (χ3v) is 4.05. The molecule has 0 bridgehead atoms. The number of alkyl halides is 1. The maximum absolute atomic E-state index is 6.00. The quantitative estimate of drug-likeness (QED) is 0.831. The standard InChI is InChI=1S/C15H19ClN2/c1-3-15(2,11-16)18-10-12-6-7-14-13(9-12)5-4-8-17-14/h4-9,18H,3,10-11H2,1-2H3. The summed E-state index contributed by atoms with van der Waals surface area (Å²) in [4.78, 5) is 4.32. The molecule has 0 saturated heterocycles. The van der Waals surface area contributed by atoms with Crippen LogP contribution in [0.5, 0.6) is 0 Å². The van der Waals surface area contributed by atoms with E-state index in [9.17, 15) is 0 Å². The van der Waals surface area contributed by atoms with Crippen LogP contribution in [0, 0.1) is 0 Å². The lowest BCUT2D eigenvalue weighted by atomic mass is 10.0. The second-order valence-electron chi connectivity index (χ2n) is 4.93. The van der Waals surface area contributed by atoms with Gasteiger partial charge in [-0.25, -0.2) is 0 Å². The highest BCUT2D eigenvalue weighted by molar-refractivity contribution is 6.18. The van der Waals surface area contributed by atoms with Gasteiger partial charge in [-0.1, -0.05) is 19.1 Å². The maximum Gasteiger partial charge on any atom is 0.0702 e. The Morgan fingerprint density at radius 1 is 1.33 bits per heavy atom. The number of nitrogens with zero attached hydrogens (tertiary/aromatic N) is 1. The molecule has 1 aromatic carbocycles. The third kappa shape index (κ3) is 3.01. The van der Waals surface area contributed by atoms with E-state index in [0.29, 0.717) is 5.88 Å². The summed E-state index contributed by atoms with van der Waals surface area (Å²) < 4.78 is 0. The summed E-state index contributed by atoms with van der Waals surface area (Å²) in [5.41, 5.74) is 2.31. The zero-order valence-electron chi connectivity index (χ0n) is 10.9. The van der Waals surface area contributed by atoms with E-state index < -0.39 is 0 Å². The first-order valence-electron chi connectivity index (χ1n) is 6.31. The van der Waals surface area contributed by atoms with E-state index in [-0.39, 0.29) is 5.54 Å². The van der Waals surface area contributed by atoms with Crippen LogP contribution in [0.4, 0.5) is 0 Å². The molecule has 1 atom stereocenters. The fraction of sp³-hybridized carbons (Fsp3) is 0.400. The molecule has 1 heterocycles. The monoisotopic (exact) mass is 262 g/mol. The summed E-state index contributed by atoms with van der Waals surface area (Å²) in [6.07, 6.45) is 2.84. The van der Waals surface area contributed by atoms with Crippen LogP contribution < -0.4 is 5.32 Å². The summed E-state index contributed by atoms with van der Waals surface area (Å²) >= 11 is 6.00. The summed E-state index contributed by atoms with van der Waals surface area (Å²) in [6.45, 7) is 5.14. The van der Waals surface area contributed by atoms with Gasteiger partial charge < -0.3 is 5.32 Å². The molecule has 1 unspecified atom stereocenters. The van der Waals surface area contributed by atoms with E-state index in [2.05, 4.69) is 48.4 Å². The normalized spacial score (nSPS) is 14.6. The fourth-order valence-electron chi connectivity index (χ4n) is 1.82. The highest BCUT2D eigenvalue weighted by atomic mass is 35.5. The number of fused-ring (bicyclic) bond motifs is 1. The number of aromatic nitrogens is 1. The van der Waals surface area contributed by atoms with E-state index in [4.69, 9.17) is 11.6 Å². The van der Waals surface area contributed by atoms with Crippen molar-refractivity contribution >= 4 is 22.5 Å². The average Bonchev–Trinajstić information content (AvgIpc) is 2.44. The van der Waals surface area contributed by atoms with Gasteiger partial charge in [-0.2, -0.15) is 0 Å². The Kier molecular flexibility index (Phi) is 4.20. The number of hydrogen-bond donors (Lipinski definition) is 1. The van der Waals surface area contributed by atoms with Crippen molar-refractivity contribution in [2.75, 3.05) is 5.88 Å². The smallest absolute Gasteiger partial charge is 0.0702 e. The highest BCUT2D eigenvalue weighted by Gasteiger charge is 2.19. The van der Waals surface area contributed by atoms with E-state index in [1.54, 1.807) is 0 Å². The van der Waals surface area contributed by atoms with Gasteiger partial charge >= 0.3 is 0 Å². The predicted molar refractivity (Wildman–Crippen MR) is 78.0 cm³/mol. The molecule has 0 aliphatic heterocycles. The lowest BCUT2D eigenvalue weighted by Crippen LogP contribution is -2.42. The van der Waals surface area contributed by atoms with Crippen molar-refractivity contribution in [1.29, 1.82) is 0 Å². The van der Waals surface area contributed by atoms with Gasteiger partial charge in [-0.3, -0.25) is 4.98 Å². The number of hydrogen-bond acceptors (Lipinski definition) is 2. The summed E-state index contributed by atoms with van der Waals surface area (Å²) in [5.74, 6) is 0.624. The van der Waals surface area contributed by atoms with Crippen molar-refractivity contribution in [1.82, 2.24) is 10.3 Å². The van der Waals surface area contributed by atoms with Crippen molar-refractivity contribution in [2.45, 2.75) is 32.4 Å². The molecule has 2 nitrogen and oxygen atoms in total. The Balaban J connectivity index is 2.12. The minimum Gasteiger partial charge on any atom is -0.306 e. The molecule has 2 rings (SSSR count). The van der Waals surface area contributed by atoms with Crippen molar-refractivity contribution in [3.8, 4) is 0 Å². The van der Waals surface area contributed by atoms with Crippen LogP contribution in [0.15, 0.2) is 36.5 Å². The molecule has 18 heavy (non-hydrogen) atoms. The van der Waals surface area contributed by atoms with E-state index in [1.807, 2.05) is 12.3 Å². The zero-order valence-corrected chi connectivity index (χ0v) is 11.7. The van der Waals surface area contributed by atoms with Crippen LogP contribution in [0.25, 0.3) is 10.9 Å². The van der Waals surface area contributed by atoms with Crippen molar-refractivity contribution in [3.05, 3.63) is 42.1 Å². The molecule has 0 amide bonds. The molecule has 0 fully saturated rings. The molecule has 2 aromatic rings. The van der Waals surface area contributed by atoms with E-state index >= 15 is 0 Å². The lowest BCUT2D eigenvalue weighted by molar-refractivity contribution is 0.379. The Morgan fingerprint density at radius 2 is 2.17 bits per heavy atom. The molecule has 0 aliphatic rings. The van der Waals surface area contributed by atoms with Gasteiger partial charge in [0.15, 0.2) is 0 Å². The molecule has 0 spiro atoms. The lowest BCUT2D eigenvalue weighted by Gasteiger charge is -2.27. The molecule has 3 heteroatoms. The summed E-state index contributed by atoms with van der Waals surface area (Å²) in [6, 6.07) is 10.4. The van der Waals surface area contributed by atoms with Crippen LogP contribution in [-0.4, -0.2) is 16.4 Å². The minimum atomic E-state index is 0.00541. The maximum atomic E-state index is 6.00. The van der Waals surface area contributed by atoms with Crippen LogP contribution in [0.3, 0.4) is 0 Å². The van der Waals surface area contributed by atoms with Crippen molar-refractivity contribution in [3.63, 3.8) is 0 Å². The number of rotatable bonds is 5. The molecule has 0 radical (unpaired) electrons. The van der Waals surface area contributed by atoms with Crippen LogP contribution in [0.1, 0.15) is 25.8 Å². The van der Waals surface area contributed by atoms with Gasteiger partial charge in [0.05, 0.1) is 5.52 Å². The largest absolute Gasteiger partial charge is 0.306 e. The molecule has 1 N–H and O–H groups in total. The Hall–Kier alpha value is -1.12. The number of pyridine rings is 1. The van der Waals surface area contributed by atoms with Gasteiger partial charge in [0.25, 0.3) is 0 Å². The minimum absolute atomic E-state index is 0.00541. The van der Waals surface area contributed by atoms with Gasteiger partial charge in [0.2, 0.25) is 0 Å². The Bertz CT molecular complexity index is 521. The van der Waals surface area contributed by atoms with Gasteiger partial charge in [-0.05, 0) is 37.1 Å². The number of nitrogens with one attached hydrogen (secondary N) is 1. The van der Waals surface area contributed by atoms with Crippen molar-refractivity contribution in [2.24, 2.45) is 0 Å². The van der Waals surface area contributed by atoms with E-state index in [1.165, 1.54) is 10.9 Å². The summed E-state index contributed by atoms with van der Waals surface area (Å²) in [7, 11) is 0. The number of benzene rings is 1. The first-order chi connectivity index (χ1) is 8.67.